The molecule has 4 heteroatoms. The van der Waals surface area contributed by atoms with E-state index in [1.165, 1.54) is 0 Å². The van der Waals surface area contributed by atoms with Gasteiger partial charge in [0.05, 0.1) is 0 Å². The first kappa shape index (κ1) is 12.7. The van der Waals surface area contributed by atoms with Crippen molar-refractivity contribution in [1.29, 1.82) is 0 Å². The van der Waals surface area contributed by atoms with E-state index in [0.717, 1.165) is 6.42 Å². The average Bonchev–Trinajstić information content (AvgIpc) is 2.37. The molecule has 98 valence electrons. The van der Waals surface area contributed by atoms with Crippen LogP contribution in [0.3, 0.4) is 0 Å². The molecule has 0 saturated heterocycles. The highest BCUT2D eigenvalue weighted by atomic mass is 16.6. The standard InChI is InChI=1S/C14H19NO3/c1-10(2)7-8-15-14(16)13-9-17-11-5-3-4-6-12(11)18-13/h3-6,10,13H,7-9H2,1-2H3,(H,15,16)/t13-/m0/s1. The maximum Gasteiger partial charge on any atom is 0.264 e. The molecule has 1 amide bonds. The van der Waals surface area contributed by atoms with Gasteiger partial charge in [-0.15, -0.1) is 0 Å². The smallest absolute Gasteiger partial charge is 0.264 e. The van der Waals surface area contributed by atoms with Gasteiger partial charge in [0.2, 0.25) is 6.10 Å². The molecular formula is C14H19NO3. The lowest BCUT2D eigenvalue weighted by Gasteiger charge is -2.25. The van der Waals surface area contributed by atoms with Gasteiger partial charge in [-0.2, -0.15) is 0 Å². The molecule has 0 aliphatic carbocycles. The Labute approximate surface area is 107 Å². The van der Waals surface area contributed by atoms with Crippen LogP contribution in [0, 0.1) is 5.92 Å². The number of ether oxygens (including phenoxy) is 2. The Kier molecular flexibility index (Phi) is 4.07. The van der Waals surface area contributed by atoms with Crippen LogP contribution in [0.25, 0.3) is 0 Å². The second-order valence-electron chi connectivity index (χ2n) is 4.84. The average molecular weight is 249 g/mol. The van der Waals surface area contributed by atoms with Crippen molar-refractivity contribution in [2.75, 3.05) is 13.2 Å². The predicted molar refractivity (Wildman–Crippen MR) is 68.8 cm³/mol. The van der Waals surface area contributed by atoms with Gasteiger partial charge >= 0.3 is 0 Å². The molecule has 4 nitrogen and oxygen atoms in total. The lowest BCUT2D eigenvalue weighted by atomic mass is 10.1. The minimum Gasteiger partial charge on any atom is -0.485 e. The Morgan fingerprint density at radius 1 is 1.39 bits per heavy atom. The van der Waals surface area contributed by atoms with Gasteiger partial charge in [-0.3, -0.25) is 4.79 Å². The number of para-hydroxylation sites is 2. The van der Waals surface area contributed by atoms with E-state index in [-0.39, 0.29) is 12.5 Å². The molecule has 2 rings (SSSR count). The lowest BCUT2D eigenvalue weighted by molar-refractivity contribution is -0.130. The number of amides is 1. The van der Waals surface area contributed by atoms with Crippen LogP contribution in [0.1, 0.15) is 20.3 Å². The number of hydrogen-bond donors (Lipinski definition) is 1. The van der Waals surface area contributed by atoms with Crippen LogP contribution in [0.5, 0.6) is 11.5 Å². The highest BCUT2D eigenvalue weighted by Crippen LogP contribution is 2.30. The molecule has 0 bridgehead atoms. The van der Waals surface area contributed by atoms with Gasteiger partial charge in [-0.1, -0.05) is 26.0 Å². The van der Waals surface area contributed by atoms with Crippen LogP contribution >= 0.6 is 0 Å². The molecule has 1 heterocycles. The van der Waals surface area contributed by atoms with Gasteiger partial charge < -0.3 is 14.8 Å². The van der Waals surface area contributed by atoms with Crippen molar-refractivity contribution in [1.82, 2.24) is 5.32 Å². The fraction of sp³-hybridized carbons (Fsp3) is 0.500. The summed E-state index contributed by atoms with van der Waals surface area (Å²) in [5.41, 5.74) is 0. The van der Waals surface area contributed by atoms with Gasteiger partial charge in [0, 0.05) is 6.54 Å². The molecule has 0 radical (unpaired) electrons. The fourth-order valence-corrected chi connectivity index (χ4v) is 1.75. The molecule has 1 atom stereocenters. The maximum absolute atomic E-state index is 11.9. The molecule has 0 spiro atoms. The van der Waals surface area contributed by atoms with Crippen LogP contribution in [-0.4, -0.2) is 25.2 Å². The molecule has 0 unspecified atom stereocenters. The Bertz CT molecular complexity index is 417. The van der Waals surface area contributed by atoms with Crippen molar-refractivity contribution in [3.05, 3.63) is 24.3 Å². The number of rotatable bonds is 4. The summed E-state index contributed by atoms with van der Waals surface area (Å²) in [5.74, 6) is 1.80. The normalized spacial score (nSPS) is 17.6. The van der Waals surface area contributed by atoms with E-state index in [1.54, 1.807) is 0 Å². The van der Waals surface area contributed by atoms with Crippen LogP contribution in [-0.2, 0) is 4.79 Å². The lowest BCUT2D eigenvalue weighted by Crippen LogP contribution is -2.44. The Hall–Kier alpha value is -1.71. The maximum atomic E-state index is 11.9. The highest BCUT2D eigenvalue weighted by Gasteiger charge is 2.26. The third-order valence-corrected chi connectivity index (χ3v) is 2.82. The molecule has 1 aliphatic heterocycles. The van der Waals surface area contributed by atoms with Crippen LogP contribution < -0.4 is 14.8 Å². The largest absolute Gasteiger partial charge is 0.485 e. The summed E-state index contributed by atoms with van der Waals surface area (Å²) >= 11 is 0. The molecule has 1 aromatic rings. The van der Waals surface area contributed by atoms with E-state index in [1.807, 2.05) is 24.3 Å². The number of carbonyl (C=O) groups is 1. The Morgan fingerprint density at radius 3 is 2.83 bits per heavy atom. The molecule has 0 saturated carbocycles. The molecule has 1 N–H and O–H groups in total. The second-order valence-corrected chi connectivity index (χ2v) is 4.84. The summed E-state index contributed by atoms with van der Waals surface area (Å²) in [6.07, 6.45) is 0.419. The number of nitrogens with one attached hydrogen (secondary N) is 1. The van der Waals surface area contributed by atoms with Crippen LogP contribution in [0.2, 0.25) is 0 Å². The third-order valence-electron chi connectivity index (χ3n) is 2.82. The Balaban J connectivity index is 1.87. The fourth-order valence-electron chi connectivity index (χ4n) is 1.75. The first-order valence-electron chi connectivity index (χ1n) is 6.33. The summed E-state index contributed by atoms with van der Waals surface area (Å²) in [6.45, 7) is 5.20. The van der Waals surface area contributed by atoms with Crippen molar-refractivity contribution < 1.29 is 14.3 Å². The predicted octanol–water partition coefficient (Wildman–Crippen LogP) is 1.99. The zero-order chi connectivity index (χ0) is 13.0. The number of benzene rings is 1. The van der Waals surface area contributed by atoms with Gasteiger partial charge in [-0.05, 0) is 24.5 Å². The van der Waals surface area contributed by atoms with E-state index in [4.69, 9.17) is 9.47 Å². The topological polar surface area (TPSA) is 47.6 Å². The molecule has 1 aliphatic rings. The molecular weight excluding hydrogens is 230 g/mol. The SMILES string of the molecule is CC(C)CCNC(=O)[C@@H]1COc2ccccc2O1. The molecule has 0 fully saturated rings. The van der Waals surface area contributed by atoms with Gasteiger partial charge in [0.25, 0.3) is 5.91 Å². The van der Waals surface area contributed by atoms with Crippen LogP contribution in [0.15, 0.2) is 24.3 Å². The van der Waals surface area contributed by atoms with Gasteiger partial charge in [0.1, 0.15) is 6.61 Å². The molecule has 1 aromatic carbocycles. The van der Waals surface area contributed by atoms with Crippen molar-refractivity contribution in [3.63, 3.8) is 0 Å². The van der Waals surface area contributed by atoms with Crippen molar-refractivity contribution in [3.8, 4) is 11.5 Å². The number of carbonyl (C=O) groups excluding carboxylic acids is 1. The van der Waals surface area contributed by atoms with Crippen molar-refractivity contribution in [2.45, 2.75) is 26.4 Å². The summed E-state index contributed by atoms with van der Waals surface area (Å²) in [7, 11) is 0. The van der Waals surface area contributed by atoms with E-state index in [9.17, 15) is 4.79 Å². The number of hydrogen-bond acceptors (Lipinski definition) is 3. The second kappa shape index (κ2) is 5.76. The van der Waals surface area contributed by atoms with E-state index >= 15 is 0 Å². The molecule has 18 heavy (non-hydrogen) atoms. The first-order chi connectivity index (χ1) is 8.66. The highest BCUT2D eigenvalue weighted by molar-refractivity contribution is 5.81. The Morgan fingerprint density at radius 2 is 2.11 bits per heavy atom. The quantitative estimate of drug-likeness (QED) is 0.887. The molecule has 0 aromatic heterocycles. The van der Waals surface area contributed by atoms with Crippen molar-refractivity contribution in [2.24, 2.45) is 5.92 Å². The zero-order valence-corrected chi connectivity index (χ0v) is 10.8. The van der Waals surface area contributed by atoms with E-state index < -0.39 is 6.10 Å². The zero-order valence-electron chi connectivity index (χ0n) is 10.8. The summed E-state index contributed by atoms with van der Waals surface area (Å²) in [4.78, 5) is 11.9. The van der Waals surface area contributed by atoms with Gasteiger partial charge in [0.15, 0.2) is 11.5 Å². The third kappa shape index (κ3) is 3.15. The first-order valence-corrected chi connectivity index (χ1v) is 6.33. The minimum absolute atomic E-state index is 0.106. The van der Waals surface area contributed by atoms with E-state index in [0.29, 0.717) is 24.0 Å². The van der Waals surface area contributed by atoms with Crippen molar-refractivity contribution >= 4 is 5.91 Å². The summed E-state index contributed by atoms with van der Waals surface area (Å²) < 4.78 is 11.1. The monoisotopic (exact) mass is 249 g/mol. The summed E-state index contributed by atoms with van der Waals surface area (Å²) in [5, 5.41) is 2.87. The summed E-state index contributed by atoms with van der Waals surface area (Å²) in [6, 6.07) is 7.39. The minimum atomic E-state index is -0.549. The van der Waals surface area contributed by atoms with Gasteiger partial charge in [-0.25, -0.2) is 0 Å². The number of fused-ring (bicyclic) bond motifs is 1. The van der Waals surface area contributed by atoms with E-state index in [2.05, 4.69) is 19.2 Å². The van der Waals surface area contributed by atoms with Crippen LogP contribution in [0.4, 0.5) is 0 Å².